The molecule has 1 unspecified atom stereocenters. The molecule has 7 nitrogen and oxygen atoms in total. The van der Waals surface area contributed by atoms with Crippen molar-refractivity contribution in [3.05, 3.63) is 35.9 Å². The Morgan fingerprint density at radius 3 is 2.07 bits per heavy atom. The van der Waals surface area contributed by atoms with Crippen LogP contribution in [0.15, 0.2) is 30.3 Å². The number of hydrogen-bond donors (Lipinski definition) is 2. The van der Waals surface area contributed by atoms with E-state index < -0.39 is 6.04 Å². The van der Waals surface area contributed by atoms with E-state index in [9.17, 15) is 14.4 Å². The number of nitrogens with one attached hydrogen (secondary N) is 2. The van der Waals surface area contributed by atoms with Gasteiger partial charge in [0.2, 0.25) is 17.7 Å². The topological polar surface area (TPSA) is 81.8 Å². The zero-order chi connectivity index (χ0) is 21.4. The van der Waals surface area contributed by atoms with Gasteiger partial charge in [0, 0.05) is 38.6 Å². The Morgan fingerprint density at radius 1 is 0.897 bits per heavy atom. The van der Waals surface area contributed by atoms with Crippen LogP contribution in [0.4, 0.5) is 0 Å². The van der Waals surface area contributed by atoms with Crippen molar-refractivity contribution in [3.63, 3.8) is 0 Å². The van der Waals surface area contributed by atoms with Gasteiger partial charge in [0.25, 0.3) is 0 Å². The first kappa shape index (κ1) is 22.9. The Hall–Kier alpha value is -2.41. The van der Waals surface area contributed by atoms with Crippen molar-refractivity contribution in [2.24, 2.45) is 5.92 Å². The van der Waals surface area contributed by atoms with Gasteiger partial charge in [-0.3, -0.25) is 19.3 Å². The first-order chi connectivity index (χ1) is 13.8. The smallest absolute Gasteiger partial charge is 0.249 e. The van der Waals surface area contributed by atoms with E-state index in [1.165, 1.54) is 0 Å². The highest BCUT2D eigenvalue weighted by molar-refractivity contribution is 5.89. The van der Waals surface area contributed by atoms with E-state index in [0.29, 0.717) is 39.1 Å². The van der Waals surface area contributed by atoms with Crippen LogP contribution in [-0.2, 0) is 14.4 Å². The Morgan fingerprint density at radius 2 is 1.52 bits per heavy atom. The molecule has 29 heavy (non-hydrogen) atoms. The molecule has 1 aromatic rings. The number of amides is 3. The summed E-state index contributed by atoms with van der Waals surface area (Å²) in [5.41, 5.74) is 0.786. The van der Waals surface area contributed by atoms with E-state index in [2.05, 4.69) is 15.5 Å². The van der Waals surface area contributed by atoms with Crippen LogP contribution in [0.1, 0.15) is 45.7 Å². The second kappa shape index (κ2) is 11.0. The molecule has 1 aliphatic heterocycles. The molecule has 160 valence electrons. The molecule has 3 amide bonds. The molecule has 0 saturated carbocycles. The molecular weight excluding hydrogens is 368 g/mol. The minimum absolute atomic E-state index is 0.00267. The van der Waals surface area contributed by atoms with Crippen molar-refractivity contribution in [2.75, 3.05) is 32.7 Å². The summed E-state index contributed by atoms with van der Waals surface area (Å²) in [6.45, 7) is 10.5. The highest BCUT2D eigenvalue weighted by atomic mass is 16.2. The van der Waals surface area contributed by atoms with Gasteiger partial charge in [0.05, 0.1) is 6.54 Å². The summed E-state index contributed by atoms with van der Waals surface area (Å²) in [5, 5.41) is 5.81. The number of nitrogens with zero attached hydrogens (tertiary/aromatic N) is 2. The summed E-state index contributed by atoms with van der Waals surface area (Å²) in [4.78, 5) is 41.4. The number of piperazine rings is 1. The fraction of sp³-hybridized carbons (Fsp3) is 0.591. The minimum Gasteiger partial charge on any atom is -0.353 e. The van der Waals surface area contributed by atoms with Gasteiger partial charge in [-0.05, 0) is 25.3 Å². The maximum atomic E-state index is 13.2. The molecule has 2 rings (SSSR count). The van der Waals surface area contributed by atoms with Crippen molar-refractivity contribution >= 4 is 17.7 Å². The second-order valence-corrected chi connectivity index (χ2v) is 8.33. The van der Waals surface area contributed by atoms with Gasteiger partial charge in [-0.25, -0.2) is 0 Å². The lowest BCUT2D eigenvalue weighted by atomic mass is 10.0. The van der Waals surface area contributed by atoms with E-state index >= 15 is 0 Å². The number of hydrogen-bond acceptors (Lipinski definition) is 4. The highest BCUT2D eigenvalue weighted by Crippen LogP contribution is 2.18. The van der Waals surface area contributed by atoms with Gasteiger partial charge in [0.1, 0.15) is 6.04 Å². The molecule has 1 aliphatic rings. The maximum Gasteiger partial charge on any atom is 0.249 e. The van der Waals surface area contributed by atoms with E-state index in [4.69, 9.17) is 0 Å². The summed E-state index contributed by atoms with van der Waals surface area (Å²) >= 11 is 0. The Labute approximate surface area is 173 Å². The van der Waals surface area contributed by atoms with Crippen molar-refractivity contribution in [1.29, 1.82) is 0 Å². The number of carbonyl (C=O) groups excluding carboxylic acids is 3. The van der Waals surface area contributed by atoms with Gasteiger partial charge in [-0.15, -0.1) is 0 Å². The summed E-state index contributed by atoms with van der Waals surface area (Å²) in [6.07, 6.45) is 0.384. The van der Waals surface area contributed by atoms with Gasteiger partial charge < -0.3 is 15.5 Å². The van der Waals surface area contributed by atoms with Gasteiger partial charge in [-0.2, -0.15) is 0 Å². The third-order valence-corrected chi connectivity index (χ3v) is 4.78. The molecule has 1 fully saturated rings. The Kier molecular flexibility index (Phi) is 8.64. The predicted octanol–water partition coefficient (Wildman–Crippen LogP) is 1.56. The summed E-state index contributed by atoms with van der Waals surface area (Å²) in [5.74, 6) is 0.00993. The molecule has 1 aromatic carbocycles. The lowest BCUT2D eigenvalue weighted by molar-refractivity contribution is -0.138. The maximum absolute atomic E-state index is 13.2. The van der Waals surface area contributed by atoms with Crippen LogP contribution in [0.25, 0.3) is 0 Å². The van der Waals surface area contributed by atoms with E-state index in [0.717, 1.165) is 5.56 Å². The molecule has 1 saturated heterocycles. The standard InChI is InChI=1S/C22H34N4O3/c1-16(2)14-19(27)24-21(18-8-6-5-7-9-18)22(29)26-12-10-25(11-13-26)15-20(28)23-17(3)4/h5-9,16-17,21H,10-15H2,1-4H3,(H,23,28)(H,24,27). The Balaban J connectivity index is 1.99. The van der Waals surface area contributed by atoms with Crippen LogP contribution in [0.5, 0.6) is 0 Å². The second-order valence-electron chi connectivity index (χ2n) is 8.33. The predicted molar refractivity (Wildman–Crippen MR) is 113 cm³/mol. The number of benzene rings is 1. The fourth-order valence-corrected chi connectivity index (χ4v) is 3.40. The van der Waals surface area contributed by atoms with Crippen LogP contribution in [0.2, 0.25) is 0 Å². The van der Waals surface area contributed by atoms with Gasteiger partial charge >= 0.3 is 0 Å². The minimum atomic E-state index is -0.682. The normalized spacial score (nSPS) is 16.0. The first-order valence-corrected chi connectivity index (χ1v) is 10.4. The van der Waals surface area contributed by atoms with Crippen LogP contribution in [0, 0.1) is 5.92 Å². The van der Waals surface area contributed by atoms with Crippen LogP contribution in [-0.4, -0.2) is 66.3 Å². The number of rotatable bonds is 8. The van der Waals surface area contributed by atoms with Crippen molar-refractivity contribution < 1.29 is 14.4 Å². The van der Waals surface area contributed by atoms with Gasteiger partial charge in [0.15, 0.2) is 0 Å². The molecule has 0 spiro atoms. The molecule has 2 N–H and O–H groups in total. The Bertz CT molecular complexity index is 683. The van der Waals surface area contributed by atoms with Crippen molar-refractivity contribution in [3.8, 4) is 0 Å². The van der Waals surface area contributed by atoms with E-state index in [-0.39, 0.29) is 29.7 Å². The monoisotopic (exact) mass is 402 g/mol. The summed E-state index contributed by atoms with van der Waals surface area (Å²) in [7, 11) is 0. The van der Waals surface area contributed by atoms with Gasteiger partial charge in [-0.1, -0.05) is 44.2 Å². The highest BCUT2D eigenvalue weighted by Gasteiger charge is 2.30. The third-order valence-electron chi connectivity index (χ3n) is 4.78. The molecule has 0 aromatic heterocycles. The van der Waals surface area contributed by atoms with E-state index in [1.807, 2.05) is 58.0 Å². The summed E-state index contributed by atoms with van der Waals surface area (Å²) in [6, 6.07) is 8.80. The molecular formula is C22H34N4O3. The quantitative estimate of drug-likeness (QED) is 0.691. The van der Waals surface area contributed by atoms with Crippen LogP contribution >= 0.6 is 0 Å². The lowest BCUT2D eigenvalue weighted by Crippen LogP contribution is -2.54. The average Bonchev–Trinajstić information content (AvgIpc) is 2.65. The third kappa shape index (κ3) is 7.49. The van der Waals surface area contributed by atoms with E-state index in [1.54, 1.807) is 4.90 Å². The van der Waals surface area contributed by atoms with Crippen molar-refractivity contribution in [2.45, 2.75) is 46.2 Å². The molecule has 1 atom stereocenters. The summed E-state index contributed by atoms with van der Waals surface area (Å²) < 4.78 is 0. The molecule has 1 heterocycles. The molecule has 7 heteroatoms. The molecule has 0 radical (unpaired) electrons. The molecule has 0 aliphatic carbocycles. The number of carbonyl (C=O) groups is 3. The largest absolute Gasteiger partial charge is 0.353 e. The zero-order valence-electron chi connectivity index (χ0n) is 18.0. The molecule has 0 bridgehead atoms. The first-order valence-electron chi connectivity index (χ1n) is 10.4. The average molecular weight is 403 g/mol. The fourth-order valence-electron chi connectivity index (χ4n) is 3.40. The van der Waals surface area contributed by atoms with Crippen LogP contribution in [0.3, 0.4) is 0 Å². The van der Waals surface area contributed by atoms with Crippen molar-refractivity contribution in [1.82, 2.24) is 20.4 Å². The zero-order valence-corrected chi connectivity index (χ0v) is 18.0. The SMILES string of the molecule is CC(C)CC(=O)NC(C(=O)N1CCN(CC(=O)NC(C)C)CC1)c1ccccc1. The van der Waals surface area contributed by atoms with Crippen LogP contribution < -0.4 is 10.6 Å². The lowest BCUT2D eigenvalue weighted by Gasteiger charge is -2.36.